The highest BCUT2D eigenvalue weighted by molar-refractivity contribution is 6.32. The van der Waals surface area contributed by atoms with E-state index in [9.17, 15) is 4.79 Å². The Morgan fingerprint density at radius 3 is 2.54 bits per heavy atom. The van der Waals surface area contributed by atoms with Gasteiger partial charge in [-0.1, -0.05) is 17.7 Å². The van der Waals surface area contributed by atoms with E-state index in [1.165, 1.54) is 0 Å². The van der Waals surface area contributed by atoms with Crippen LogP contribution in [0.1, 0.15) is 18.1 Å². The normalized spacial score (nSPS) is 12.6. The fourth-order valence-electron chi connectivity index (χ4n) is 2.75. The van der Waals surface area contributed by atoms with E-state index in [0.717, 1.165) is 23.4 Å². The molecule has 0 spiro atoms. The van der Waals surface area contributed by atoms with Crippen LogP contribution in [0.3, 0.4) is 0 Å². The van der Waals surface area contributed by atoms with Gasteiger partial charge in [-0.3, -0.25) is 4.79 Å². The van der Waals surface area contributed by atoms with Crippen molar-refractivity contribution in [3.05, 3.63) is 52.5 Å². The van der Waals surface area contributed by atoms with E-state index in [4.69, 9.17) is 26.3 Å². The van der Waals surface area contributed by atoms with E-state index in [0.29, 0.717) is 27.8 Å². The maximum Gasteiger partial charge on any atom is 0.282 e. The third-order valence-corrected chi connectivity index (χ3v) is 5.06. The Morgan fingerprint density at radius 2 is 1.93 bits per heavy atom. The van der Waals surface area contributed by atoms with Gasteiger partial charge in [-0.25, -0.2) is 0 Å². The van der Waals surface area contributed by atoms with Crippen LogP contribution in [0.15, 0.2) is 36.4 Å². The molecule has 0 saturated heterocycles. The van der Waals surface area contributed by atoms with Gasteiger partial charge in [0.2, 0.25) is 0 Å². The Labute approximate surface area is 170 Å². The monoisotopic (exact) mass is 402 g/mol. The highest BCUT2D eigenvalue weighted by Crippen LogP contribution is 2.27. The van der Waals surface area contributed by atoms with Crippen molar-refractivity contribution >= 4 is 23.2 Å². The summed E-state index contributed by atoms with van der Waals surface area (Å²) in [5, 5.41) is 12.1. The molecule has 148 valence electrons. The minimum Gasteiger partial charge on any atom is -0.493 e. The lowest BCUT2D eigenvalue weighted by atomic mass is 10.1. The fourth-order valence-corrected chi connectivity index (χ4v) is 2.97. The van der Waals surface area contributed by atoms with Crippen LogP contribution in [0.25, 0.3) is 0 Å². The van der Waals surface area contributed by atoms with Gasteiger partial charge >= 0.3 is 0 Å². The number of rotatable bonds is 8. The zero-order valence-corrected chi connectivity index (χ0v) is 17.3. The SMILES string of the molecule is COc1ccc(CC[NH+](C)[C@H](C)C(=O)Nc2ccc(C#N)c(Cl)c2)cc1OC. The molecule has 2 N–H and O–H groups in total. The number of hydrogen-bond acceptors (Lipinski definition) is 4. The molecule has 1 amide bonds. The molecule has 0 heterocycles. The number of anilines is 1. The molecule has 0 aliphatic rings. The first-order chi connectivity index (χ1) is 13.4. The smallest absolute Gasteiger partial charge is 0.282 e. The standard InChI is InChI=1S/C21H24ClN3O3/c1-14(21(26)24-17-7-6-16(13-23)18(22)12-17)25(2)10-9-15-5-8-19(27-3)20(11-15)28-4/h5-8,11-12,14H,9-10H2,1-4H3,(H,24,26)/p+1/t14-/m1/s1. The molecule has 1 unspecified atom stereocenters. The Kier molecular flexibility index (Phi) is 7.68. The molecule has 0 aliphatic carbocycles. The minimum atomic E-state index is -0.255. The van der Waals surface area contributed by atoms with Gasteiger partial charge < -0.3 is 19.7 Å². The lowest BCUT2D eigenvalue weighted by Gasteiger charge is -2.21. The van der Waals surface area contributed by atoms with E-state index in [1.54, 1.807) is 32.4 Å². The molecule has 2 rings (SSSR count). The summed E-state index contributed by atoms with van der Waals surface area (Å²) in [6.07, 6.45) is 0.798. The number of methoxy groups -OCH3 is 2. The van der Waals surface area contributed by atoms with Crippen LogP contribution in [0, 0.1) is 11.3 Å². The van der Waals surface area contributed by atoms with Crippen molar-refractivity contribution in [2.75, 3.05) is 33.1 Å². The molecule has 6 nitrogen and oxygen atoms in total. The Bertz CT molecular complexity index is 880. The summed E-state index contributed by atoms with van der Waals surface area (Å²) >= 11 is 6.02. The summed E-state index contributed by atoms with van der Waals surface area (Å²) in [4.78, 5) is 13.6. The molecule has 0 radical (unpaired) electrons. The number of halogens is 1. The second kappa shape index (κ2) is 9.98. The summed E-state index contributed by atoms with van der Waals surface area (Å²) in [5.41, 5.74) is 2.07. The zero-order valence-electron chi connectivity index (χ0n) is 16.5. The molecular formula is C21H25ClN3O3+. The van der Waals surface area contributed by atoms with Gasteiger partial charge in [-0.15, -0.1) is 0 Å². The second-order valence-electron chi connectivity index (χ2n) is 6.55. The van der Waals surface area contributed by atoms with E-state index >= 15 is 0 Å². The number of nitrogens with zero attached hydrogens (tertiary/aromatic N) is 1. The maximum absolute atomic E-state index is 12.5. The number of carbonyl (C=O) groups excluding carboxylic acids is 1. The molecule has 0 fully saturated rings. The molecule has 0 saturated carbocycles. The molecule has 0 bridgehead atoms. The van der Waals surface area contributed by atoms with Crippen molar-refractivity contribution in [3.8, 4) is 17.6 Å². The molecule has 2 aromatic carbocycles. The predicted octanol–water partition coefficient (Wildman–Crippen LogP) is 2.31. The van der Waals surface area contributed by atoms with Crippen molar-refractivity contribution in [2.24, 2.45) is 0 Å². The average Bonchev–Trinajstić information content (AvgIpc) is 2.71. The second-order valence-corrected chi connectivity index (χ2v) is 6.96. The maximum atomic E-state index is 12.5. The largest absolute Gasteiger partial charge is 0.493 e. The number of ether oxygens (including phenoxy) is 2. The molecule has 0 aliphatic heterocycles. The van der Waals surface area contributed by atoms with Crippen LogP contribution < -0.4 is 19.7 Å². The van der Waals surface area contributed by atoms with Crippen LogP contribution in [-0.4, -0.2) is 39.8 Å². The van der Waals surface area contributed by atoms with E-state index in [1.807, 2.05) is 38.2 Å². The highest BCUT2D eigenvalue weighted by Gasteiger charge is 2.22. The summed E-state index contributed by atoms with van der Waals surface area (Å²) in [6.45, 7) is 2.66. The Morgan fingerprint density at radius 1 is 1.21 bits per heavy atom. The van der Waals surface area contributed by atoms with Gasteiger partial charge in [0.15, 0.2) is 17.5 Å². The van der Waals surface area contributed by atoms with Crippen molar-refractivity contribution in [1.29, 1.82) is 5.26 Å². The van der Waals surface area contributed by atoms with Gasteiger partial charge in [-0.05, 0) is 42.8 Å². The lowest BCUT2D eigenvalue weighted by molar-refractivity contribution is -0.893. The van der Waals surface area contributed by atoms with Gasteiger partial charge in [-0.2, -0.15) is 5.26 Å². The Balaban J connectivity index is 1.94. The first kappa shape index (κ1) is 21.5. The van der Waals surface area contributed by atoms with E-state index in [-0.39, 0.29) is 11.9 Å². The summed E-state index contributed by atoms with van der Waals surface area (Å²) in [5.74, 6) is 1.28. The quantitative estimate of drug-likeness (QED) is 0.710. The molecule has 7 heteroatoms. The fraction of sp³-hybridized carbons (Fsp3) is 0.333. The number of benzene rings is 2. The van der Waals surface area contributed by atoms with Crippen LogP contribution in [0.5, 0.6) is 11.5 Å². The van der Waals surface area contributed by atoms with E-state index < -0.39 is 0 Å². The number of amides is 1. The molecule has 0 aromatic heterocycles. The van der Waals surface area contributed by atoms with Crippen LogP contribution in [-0.2, 0) is 11.2 Å². The molecular weight excluding hydrogens is 378 g/mol. The summed E-state index contributed by atoms with van der Waals surface area (Å²) in [7, 11) is 5.20. The first-order valence-electron chi connectivity index (χ1n) is 8.93. The number of likely N-dealkylation sites (N-methyl/N-ethyl adjacent to an activating group) is 1. The highest BCUT2D eigenvalue weighted by atomic mass is 35.5. The van der Waals surface area contributed by atoms with Crippen LogP contribution >= 0.6 is 11.6 Å². The Hall–Kier alpha value is -2.75. The minimum absolute atomic E-state index is 0.106. The summed E-state index contributed by atoms with van der Waals surface area (Å²) in [6, 6.07) is 12.4. The van der Waals surface area contributed by atoms with Crippen LogP contribution in [0.4, 0.5) is 5.69 Å². The van der Waals surface area contributed by atoms with Gasteiger partial charge in [0.1, 0.15) is 6.07 Å². The number of carbonyl (C=O) groups is 1. The molecule has 2 aromatic rings. The topological polar surface area (TPSA) is 75.8 Å². The van der Waals surface area contributed by atoms with Gasteiger partial charge in [0.05, 0.1) is 38.4 Å². The zero-order chi connectivity index (χ0) is 20.7. The summed E-state index contributed by atoms with van der Waals surface area (Å²) < 4.78 is 10.6. The first-order valence-corrected chi connectivity index (χ1v) is 9.31. The predicted molar refractivity (Wildman–Crippen MR) is 109 cm³/mol. The average molecular weight is 403 g/mol. The third-order valence-electron chi connectivity index (χ3n) is 4.75. The van der Waals surface area contributed by atoms with Crippen LogP contribution in [0.2, 0.25) is 5.02 Å². The van der Waals surface area contributed by atoms with Gasteiger partial charge in [0, 0.05) is 12.1 Å². The number of nitrogens with one attached hydrogen (secondary N) is 2. The molecule has 28 heavy (non-hydrogen) atoms. The number of quaternary nitrogens is 1. The van der Waals surface area contributed by atoms with Crippen molar-refractivity contribution in [2.45, 2.75) is 19.4 Å². The number of hydrogen-bond donors (Lipinski definition) is 2. The number of nitriles is 1. The third kappa shape index (κ3) is 5.38. The lowest BCUT2D eigenvalue weighted by Crippen LogP contribution is -3.14. The van der Waals surface area contributed by atoms with Crippen molar-refractivity contribution < 1.29 is 19.2 Å². The van der Waals surface area contributed by atoms with Crippen molar-refractivity contribution in [1.82, 2.24) is 0 Å². The van der Waals surface area contributed by atoms with Crippen molar-refractivity contribution in [3.63, 3.8) is 0 Å². The molecule has 2 atom stereocenters. The van der Waals surface area contributed by atoms with Gasteiger partial charge in [0.25, 0.3) is 5.91 Å². The van der Waals surface area contributed by atoms with E-state index in [2.05, 4.69) is 5.32 Å².